The molecule has 0 aromatic heterocycles. The van der Waals surface area contributed by atoms with Crippen molar-refractivity contribution in [3.8, 4) is 0 Å². The van der Waals surface area contributed by atoms with E-state index < -0.39 is 6.23 Å². The fourth-order valence-electron chi connectivity index (χ4n) is 3.09. The molecule has 1 unspecified atom stereocenters. The average molecular weight is 359 g/mol. The van der Waals surface area contributed by atoms with E-state index in [9.17, 15) is 9.90 Å². The van der Waals surface area contributed by atoms with Crippen molar-refractivity contribution < 1.29 is 9.90 Å². The van der Waals surface area contributed by atoms with Gasteiger partial charge in [-0.05, 0) is 23.8 Å². The molecule has 4 nitrogen and oxygen atoms in total. The van der Waals surface area contributed by atoms with Crippen molar-refractivity contribution in [2.45, 2.75) is 6.23 Å². The van der Waals surface area contributed by atoms with Gasteiger partial charge in [-0.25, -0.2) is 0 Å². The van der Waals surface area contributed by atoms with Crippen LogP contribution in [-0.4, -0.2) is 29.5 Å². The average Bonchev–Trinajstić information content (AvgIpc) is 2.74. The Morgan fingerprint density at radius 3 is 2.67 bits per heavy atom. The monoisotopic (exact) mass is 358 g/mol. The first-order chi connectivity index (χ1) is 11.6. The van der Waals surface area contributed by atoms with Crippen molar-refractivity contribution in [1.29, 1.82) is 0 Å². The lowest BCUT2D eigenvalue weighted by atomic mass is 9.92. The second-order valence-electron chi connectivity index (χ2n) is 5.61. The number of aliphatic hydroxyl groups is 1. The Bertz CT molecular complexity index is 934. The van der Waals surface area contributed by atoms with E-state index >= 15 is 0 Å². The van der Waals surface area contributed by atoms with E-state index in [0.29, 0.717) is 32.5 Å². The molecule has 6 heteroatoms. The summed E-state index contributed by atoms with van der Waals surface area (Å²) in [5.74, 6) is -0.309. The molecule has 0 spiro atoms. The first-order valence-electron chi connectivity index (χ1n) is 7.38. The van der Waals surface area contributed by atoms with Gasteiger partial charge < -0.3 is 10.4 Å². The number of benzene rings is 2. The normalized spacial score (nSPS) is 19.4. The minimum Gasteiger partial charge on any atom is -0.370 e. The van der Waals surface area contributed by atoms with E-state index in [0.717, 1.165) is 11.1 Å². The fourth-order valence-corrected chi connectivity index (χ4v) is 3.49. The molecule has 0 bridgehead atoms. The summed E-state index contributed by atoms with van der Waals surface area (Å²) in [7, 11) is 0. The number of amides is 1. The van der Waals surface area contributed by atoms with Gasteiger partial charge in [0.1, 0.15) is 0 Å². The molecular weight excluding hydrogens is 347 g/mol. The zero-order valence-electron chi connectivity index (χ0n) is 12.4. The van der Waals surface area contributed by atoms with Crippen molar-refractivity contribution >= 4 is 40.4 Å². The summed E-state index contributed by atoms with van der Waals surface area (Å²) >= 11 is 12.5. The number of aliphatic imine (C=N–C) groups is 1. The molecule has 0 saturated heterocycles. The number of carbonyl (C=O) groups is 1. The minimum atomic E-state index is -1.02. The molecule has 0 fully saturated rings. The van der Waals surface area contributed by atoms with Gasteiger partial charge in [-0.15, -0.1) is 0 Å². The molecule has 2 aliphatic rings. The molecule has 120 valence electrons. The maximum atomic E-state index is 12.3. The second-order valence-corrected chi connectivity index (χ2v) is 6.45. The van der Waals surface area contributed by atoms with Crippen LogP contribution in [0.5, 0.6) is 0 Å². The van der Waals surface area contributed by atoms with Crippen LogP contribution in [-0.2, 0) is 4.79 Å². The quantitative estimate of drug-likeness (QED) is 0.822. The van der Waals surface area contributed by atoms with E-state index in [1.54, 1.807) is 24.3 Å². The molecule has 4 rings (SSSR count). The molecule has 1 amide bonds. The van der Waals surface area contributed by atoms with Gasteiger partial charge in [0, 0.05) is 26.7 Å². The van der Waals surface area contributed by atoms with E-state index in [1.807, 2.05) is 18.2 Å². The number of nitrogens with zero attached hydrogens (tertiary/aromatic N) is 1. The number of rotatable bonds is 1. The van der Waals surface area contributed by atoms with Gasteiger partial charge in [-0.1, -0.05) is 47.5 Å². The Labute approximate surface area is 148 Å². The third kappa shape index (κ3) is 2.35. The van der Waals surface area contributed by atoms with Crippen LogP contribution in [0.4, 0.5) is 0 Å². The lowest BCUT2D eigenvalue weighted by molar-refractivity contribution is -0.116. The van der Waals surface area contributed by atoms with Crippen LogP contribution in [0.2, 0.25) is 10.0 Å². The lowest BCUT2D eigenvalue weighted by Crippen LogP contribution is -2.29. The van der Waals surface area contributed by atoms with Crippen molar-refractivity contribution in [3.05, 3.63) is 74.8 Å². The van der Waals surface area contributed by atoms with Crippen LogP contribution in [0.3, 0.4) is 0 Å². The maximum Gasteiger partial charge on any atom is 0.254 e. The first kappa shape index (κ1) is 15.4. The first-order valence-corrected chi connectivity index (χ1v) is 8.13. The molecule has 2 aromatic rings. The van der Waals surface area contributed by atoms with Gasteiger partial charge in [0.05, 0.1) is 17.8 Å². The topological polar surface area (TPSA) is 61.7 Å². The lowest BCUT2D eigenvalue weighted by Gasteiger charge is -2.13. The van der Waals surface area contributed by atoms with E-state index in [-0.39, 0.29) is 12.5 Å². The highest BCUT2D eigenvalue weighted by Gasteiger charge is 2.34. The molecule has 0 radical (unpaired) electrons. The number of aliphatic hydroxyl groups excluding tert-OH is 1. The molecule has 2 N–H and O–H groups in total. The zero-order chi connectivity index (χ0) is 16.8. The van der Waals surface area contributed by atoms with Gasteiger partial charge in [-0.2, -0.15) is 0 Å². The largest absolute Gasteiger partial charge is 0.370 e. The van der Waals surface area contributed by atoms with Crippen molar-refractivity contribution in [3.63, 3.8) is 0 Å². The molecule has 2 heterocycles. The summed E-state index contributed by atoms with van der Waals surface area (Å²) in [5, 5.41) is 13.7. The zero-order valence-corrected chi connectivity index (χ0v) is 13.9. The number of nitrogens with one attached hydrogen (secondary N) is 1. The molecule has 2 aromatic carbocycles. The van der Waals surface area contributed by atoms with Crippen LogP contribution >= 0.6 is 23.2 Å². The van der Waals surface area contributed by atoms with Crippen LogP contribution in [0.15, 0.2) is 53.0 Å². The number of hydrogen-bond donors (Lipinski definition) is 2. The number of hydrogen-bond acceptors (Lipinski definition) is 3. The SMILES string of the molecule is O=C1NC(O)C2=C1c1ccc(Cl)cc1C(c1ccccc1Cl)=NC2. The predicted octanol–water partition coefficient (Wildman–Crippen LogP) is 3.05. The number of carbonyl (C=O) groups excluding carboxylic acids is 1. The molecule has 2 aliphatic heterocycles. The summed E-state index contributed by atoms with van der Waals surface area (Å²) in [5.41, 5.74) is 3.86. The van der Waals surface area contributed by atoms with Crippen LogP contribution < -0.4 is 5.32 Å². The van der Waals surface area contributed by atoms with Crippen LogP contribution in [0.1, 0.15) is 16.7 Å². The highest BCUT2D eigenvalue weighted by molar-refractivity contribution is 6.37. The third-order valence-corrected chi connectivity index (χ3v) is 4.75. The number of fused-ring (bicyclic) bond motifs is 2. The van der Waals surface area contributed by atoms with Gasteiger partial charge >= 0.3 is 0 Å². The Balaban J connectivity index is 1.99. The Morgan fingerprint density at radius 2 is 1.88 bits per heavy atom. The Kier molecular flexibility index (Phi) is 3.68. The molecule has 24 heavy (non-hydrogen) atoms. The smallest absolute Gasteiger partial charge is 0.254 e. The minimum absolute atomic E-state index is 0.210. The van der Waals surface area contributed by atoms with Crippen molar-refractivity contribution in [2.24, 2.45) is 4.99 Å². The van der Waals surface area contributed by atoms with Crippen LogP contribution in [0.25, 0.3) is 5.57 Å². The van der Waals surface area contributed by atoms with E-state index in [1.165, 1.54) is 0 Å². The summed E-state index contributed by atoms with van der Waals surface area (Å²) in [6.45, 7) is 0.210. The van der Waals surface area contributed by atoms with Crippen LogP contribution in [0, 0.1) is 0 Å². The highest BCUT2D eigenvalue weighted by atomic mass is 35.5. The standard InChI is InChI=1S/C18H12Cl2N2O2/c19-9-5-6-10-12(7-9)16(11-3-1-2-4-14(11)20)21-8-13-15(10)18(24)22-17(13)23/h1-7,17,23H,8H2,(H,22,24). The molecule has 0 saturated carbocycles. The fraction of sp³-hybridized carbons (Fsp3) is 0.111. The summed E-state index contributed by atoms with van der Waals surface area (Å²) in [4.78, 5) is 16.9. The molecule has 0 aliphatic carbocycles. The number of halogens is 2. The summed E-state index contributed by atoms with van der Waals surface area (Å²) in [6.07, 6.45) is -1.02. The van der Waals surface area contributed by atoms with Gasteiger partial charge in [0.25, 0.3) is 5.91 Å². The Morgan fingerprint density at radius 1 is 1.08 bits per heavy atom. The van der Waals surface area contributed by atoms with E-state index in [2.05, 4.69) is 10.3 Å². The van der Waals surface area contributed by atoms with E-state index in [4.69, 9.17) is 23.2 Å². The van der Waals surface area contributed by atoms with Gasteiger partial charge in [0.2, 0.25) is 0 Å². The molecule has 1 atom stereocenters. The molecular formula is C18H12Cl2N2O2. The predicted molar refractivity (Wildman–Crippen MR) is 94.5 cm³/mol. The van der Waals surface area contributed by atoms with Gasteiger partial charge in [0.15, 0.2) is 6.23 Å². The van der Waals surface area contributed by atoms with Crippen molar-refractivity contribution in [1.82, 2.24) is 5.32 Å². The third-order valence-electron chi connectivity index (χ3n) is 4.19. The summed E-state index contributed by atoms with van der Waals surface area (Å²) < 4.78 is 0. The summed E-state index contributed by atoms with van der Waals surface area (Å²) in [6, 6.07) is 12.7. The van der Waals surface area contributed by atoms with Gasteiger partial charge in [-0.3, -0.25) is 9.79 Å². The second kappa shape index (κ2) is 5.74. The highest BCUT2D eigenvalue weighted by Crippen LogP contribution is 2.35. The van der Waals surface area contributed by atoms with Crippen molar-refractivity contribution in [2.75, 3.05) is 6.54 Å². The maximum absolute atomic E-state index is 12.3. The Hall–Kier alpha value is -2.14.